The molecule has 0 amide bonds. The molecule has 0 heterocycles. The van der Waals surface area contributed by atoms with E-state index in [9.17, 15) is 4.39 Å². The number of hydrogen-bond acceptors (Lipinski definition) is 1. The lowest BCUT2D eigenvalue weighted by atomic mass is 10.1. The Morgan fingerprint density at radius 3 is 2.05 bits per heavy atom. The summed E-state index contributed by atoms with van der Waals surface area (Å²) in [6.45, 7) is 2.95. The number of halogens is 1. The highest BCUT2D eigenvalue weighted by molar-refractivity contribution is 5.22. The van der Waals surface area contributed by atoms with E-state index in [1.807, 2.05) is 0 Å². The second-order valence-corrected chi connectivity index (χ2v) is 5.49. The van der Waals surface area contributed by atoms with Crippen LogP contribution in [-0.4, -0.2) is 6.61 Å². The average Bonchev–Trinajstić information content (AvgIpc) is 2.45. The summed E-state index contributed by atoms with van der Waals surface area (Å²) in [4.78, 5) is 0. The molecule has 0 aliphatic rings. The molecular weight excluding hydrogens is 251 g/mol. The molecule has 0 unspecified atom stereocenters. The van der Waals surface area contributed by atoms with Crippen LogP contribution in [0.4, 0.5) is 4.39 Å². The van der Waals surface area contributed by atoms with Gasteiger partial charge in [-0.2, -0.15) is 0 Å². The maximum absolute atomic E-state index is 12.9. The summed E-state index contributed by atoms with van der Waals surface area (Å²) in [5.74, 6) is 0.409. The predicted molar refractivity (Wildman–Crippen MR) is 83.7 cm³/mol. The molecule has 0 saturated heterocycles. The number of benzene rings is 1. The molecular formula is C18H29FO. The van der Waals surface area contributed by atoms with Gasteiger partial charge in [0.1, 0.15) is 11.6 Å². The Hall–Kier alpha value is -1.05. The highest BCUT2D eigenvalue weighted by atomic mass is 19.1. The van der Waals surface area contributed by atoms with Crippen LogP contribution in [0, 0.1) is 5.82 Å². The molecule has 0 aromatic heterocycles. The van der Waals surface area contributed by atoms with Gasteiger partial charge in [0.2, 0.25) is 0 Å². The van der Waals surface area contributed by atoms with Gasteiger partial charge in [-0.3, -0.25) is 0 Å². The number of ether oxygens (including phenoxy) is 1. The van der Waals surface area contributed by atoms with Crippen molar-refractivity contribution in [2.45, 2.75) is 71.1 Å². The molecule has 0 atom stereocenters. The smallest absolute Gasteiger partial charge is 0.126 e. The molecule has 114 valence electrons. The summed E-state index contributed by atoms with van der Waals surface area (Å²) >= 11 is 0. The second-order valence-electron chi connectivity index (χ2n) is 5.49. The molecule has 1 rings (SSSR count). The Kier molecular flexibility index (Phi) is 9.99. The SMILES string of the molecule is CCCCCCCCCCCCOc1cccc(F)c1. The van der Waals surface area contributed by atoms with Crippen molar-refractivity contribution in [3.8, 4) is 5.75 Å². The molecule has 0 N–H and O–H groups in total. The lowest BCUT2D eigenvalue weighted by Crippen LogP contribution is -1.97. The van der Waals surface area contributed by atoms with Crippen molar-refractivity contribution in [2.24, 2.45) is 0 Å². The summed E-state index contributed by atoms with van der Waals surface area (Å²) in [5.41, 5.74) is 0. The van der Waals surface area contributed by atoms with Crippen LogP contribution < -0.4 is 4.74 Å². The number of rotatable bonds is 12. The molecule has 0 saturated carbocycles. The van der Waals surface area contributed by atoms with Gasteiger partial charge in [0.15, 0.2) is 0 Å². The van der Waals surface area contributed by atoms with Crippen molar-refractivity contribution in [2.75, 3.05) is 6.61 Å². The van der Waals surface area contributed by atoms with E-state index in [1.54, 1.807) is 12.1 Å². The monoisotopic (exact) mass is 280 g/mol. The van der Waals surface area contributed by atoms with Gasteiger partial charge in [-0.25, -0.2) is 4.39 Å². The van der Waals surface area contributed by atoms with Crippen molar-refractivity contribution >= 4 is 0 Å². The lowest BCUT2D eigenvalue weighted by molar-refractivity contribution is 0.303. The molecule has 1 aromatic rings. The van der Waals surface area contributed by atoms with Crippen LogP contribution in [0.2, 0.25) is 0 Å². The maximum Gasteiger partial charge on any atom is 0.126 e. The fourth-order valence-electron chi connectivity index (χ4n) is 2.34. The van der Waals surface area contributed by atoms with Gasteiger partial charge in [0.05, 0.1) is 6.61 Å². The van der Waals surface area contributed by atoms with Crippen LogP contribution in [-0.2, 0) is 0 Å². The predicted octanol–water partition coefficient (Wildman–Crippen LogP) is 6.13. The molecule has 20 heavy (non-hydrogen) atoms. The summed E-state index contributed by atoms with van der Waals surface area (Å²) in [5, 5.41) is 0. The Morgan fingerprint density at radius 1 is 0.850 bits per heavy atom. The van der Waals surface area contributed by atoms with Gasteiger partial charge >= 0.3 is 0 Å². The van der Waals surface area contributed by atoms with Crippen LogP contribution in [0.3, 0.4) is 0 Å². The van der Waals surface area contributed by atoms with E-state index >= 15 is 0 Å². The first-order valence-electron chi connectivity index (χ1n) is 8.21. The zero-order valence-corrected chi connectivity index (χ0v) is 12.9. The van der Waals surface area contributed by atoms with Crippen molar-refractivity contribution < 1.29 is 9.13 Å². The van der Waals surface area contributed by atoms with Crippen LogP contribution in [0.15, 0.2) is 24.3 Å². The van der Waals surface area contributed by atoms with Gasteiger partial charge in [-0.15, -0.1) is 0 Å². The molecule has 0 fully saturated rings. The van der Waals surface area contributed by atoms with Crippen molar-refractivity contribution in [3.05, 3.63) is 30.1 Å². The standard InChI is InChI=1S/C18H29FO/c1-2-3-4-5-6-7-8-9-10-11-15-20-18-14-12-13-17(19)16-18/h12-14,16H,2-11,15H2,1H3. The Morgan fingerprint density at radius 2 is 1.45 bits per heavy atom. The van der Waals surface area contributed by atoms with E-state index in [4.69, 9.17) is 4.74 Å². The summed E-state index contributed by atoms with van der Waals surface area (Å²) in [6.07, 6.45) is 13.2. The van der Waals surface area contributed by atoms with Crippen molar-refractivity contribution in [1.29, 1.82) is 0 Å². The third-order valence-electron chi connectivity index (χ3n) is 3.56. The van der Waals surface area contributed by atoms with Crippen LogP contribution in [0.5, 0.6) is 5.75 Å². The highest BCUT2D eigenvalue weighted by Gasteiger charge is 1.96. The third kappa shape index (κ3) is 8.95. The van der Waals surface area contributed by atoms with E-state index in [2.05, 4.69) is 6.92 Å². The first-order valence-corrected chi connectivity index (χ1v) is 8.21. The van der Waals surface area contributed by atoms with Crippen LogP contribution >= 0.6 is 0 Å². The zero-order valence-electron chi connectivity index (χ0n) is 12.9. The van der Waals surface area contributed by atoms with Crippen LogP contribution in [0.1, 0.15) is 71.1 Å². The van der Waals surface area contributed by atoms with E-state index in [0.717, 1.165) is 6.42 Å². The van der Waals surface area contributed by atoms with E-state index in [-0.39, 0.29) is 5.82 Å². The molecule has 0 aliphatic heterocycles. The summed E-state index contributed by atoms with van der Waals surface area (Å²) < 4.78 is 18.4. The maximum atomic E-state index is 12.9. The minimum absolute atomic E-state index is 0.231. The fourth-order valence-corrected chi connectivity index (χ4v) is 2.34. The zero-order chi connectivity index (χ0) is 14.5. The quantitative estimate of drug-likeness (QED) is 0.419. The summed E-state index contributed by atoms with van der Waals surface area (Å²) in [6, 6.07) is 6.37. The van der Waals surface area contributed by atoms with Crippen molar-refractivity contribution in [1.82, 2.24) is 0 Å². The van der Waals surface area contributed by atoms with E-state index in [0.29, 0.717) is 12.4 Å². The molecule has 1 nitrogen and oxygen atoms in total. The molecule has 0 bridgehead atoms. The largest absolute Gasteiger partial charge is 0.493 e. The van der Waals surface area contributed by atoms with Gasteiger partial charge in [0.25, 0.3) is 0 Å². The molecule has 0 radical (unpaired) electrons. The number of hydrogen-bond donors (Lipinski definition) is 0. The minimum atomic E-state index is -0.231. The van der Waals surface area contributed by atoms with Gasteiger partial charge < -0.3 is 4.74 Å². The minimum Gasteiger partial charge on any atom is -0.493 e. The molecule has 2 heteroatoms. The second kappa shape index (κ2) is 11.7. The summed E-state index contributed by atoms with van der Waals surface area (Å²) in [7, 11) is 0. The van der Waals surface area contributed by atoms with E-state index in [1.165, 1.54) is 69.9 Å². The molecule has 0 spiro atoms. The van der Waals surface area contributed by atoms with E-state index < -0.39 is 0 Å². The number of unbranched alkanes of at least 4 members (excludes halogenated alkanes) is 9. The Balaban J connectivity index is 1.85. The molecule has 0 aliphatic carbocycles. The Labute approximate surface area is 123 Å². The first kappa shape index (κ1) is 17.0. The van der Waals surface area contributed by atoms with Crippen LogP contribution in [0.25, 0.3) is 0 Å². The van der Waals surface area contributed by atoms with Crippen molar-refractivity contribution in [3.63, 3.8) is 0 Å². The van der Waals surface area contributed by atoms with Gasteiger partial charge in [-0.1, -0.05) is 70.8 Å². The molecule has 1 aromatic carbocycles. The first-order chi connectivity index (χ1) is 9.83. The Bertz CT molecular complexity index is 338. The fraction of sp³-hybridized carbons (Fsp3) is 0.667. The highest BCUT2D eigenvalue weighted by Crippen LogP contribution is 2.13. The third-order valence-corrected chi connectivity index (χ3v) is 3.56. The normalized spacial score (nSPS) is 10.7. The topological polar surface area (TPSA) is 9.23 Å². The lowest BCUT2D eigenvalue weighted by Gasteiger charge is -2.06. The average molecular weight is 280 g/mol. The van der Waals surface area contributed by atoms with Gasteiger partial charge in [0, 0.05) is 6.07 Å². The van der Waals surface area contributed by atoms with Gasteiger partial charge in [-0.05, 0) is 18.6 Å².